The van der Waals surface area contributed by atoms with Gasteiger partial charge < -0.3 is 10.2 Å². The van der Waals surface area contributed by atoms with E-state index in [2.05, 4.69) is 5.32 Å². The molecule has 0 aliphatic rings. The van der Waals surface area contributed by atoms with Crippen LogP contribution in [0.3, 0.4) is 0 Å². The molecule has 24 heavy (non-hydrogen) atoms. The zero-order valence-corrected chi connectivity index (χ0v) is 14.5. The molecule has 0 aliphatic heterocycles. The van der Waals surface area contributed by atoms with Gasteiger partial charge in [-0.1, -0.05) is 60.2 Å². The van der Waals surface area contributed by atoms with Crippen LogP contribution in [0.25, 0.3) is 0 Å². The summed E-state index contributed by atoms with van der Waals surface area (Å²) in [5.74, 6) is -0.221. The Balaban J connectivity index is 2.19. The summed E-state index contributed by atoms with van der Waals surface area (Å²) >= 11 is 0. The van der Waals surface area contributed by atoms with Crippen LogP contribution < -0.4 is 5.32 Å². The minimum atomic E-state index is -0.521. The molecule has 0 unspecified atom stereocenters. The average molecular weight is 324 g/mol. The molecule has 4 nitrogen and oxygen atoms in total. The first kappa shape index (κ1) is 17.7. The second-order valence-electron chi connectivity index (χ2n) is 5.96. The van der Waals surface area contributed by atoms with Gasteiger partial charge in [0.25, 0.3) is 0 Å². The number of carbonyl (C=O) groups excluding carboxylic acids is 2. The summed E-state index contributed by atoms with van der Waals surface area (Å²) in [6.45, 7) is 4.20. The summed E-state index contributed by atoms with van der Waals surface area (Å²) < 4.78 is 0. The molecule has 0 heterocycles. The molecule has 1 N–H and O–H groups in total. The number of aryl methyl sites for hydroxylation is 1. The Morgan fingerprint density at radius 3 is 2.21 bits per heavy atom. The molecule has 2 rings (SSSR count). The van der Waals surface area contributed by atoms with Crippen LogP contribution in [-0.2, 0) is 22.6 Å². The zero-order chi connectivity index (χ0) is 17.5. The molecule has 0 saturated heterocycles. The monoisotopic (exact) mass is 324 g/mol. The van der Waals surface area contributed by atoms with Crippen LogP contribution >= 0.6 is 0 Å². The summed E-state index contributed by atoms with van der Waals surface area (Å²) in [6, 6.07) is 17.1. The highest BCUT2D eigenvalue weighted by Crippen LogP contribution is 2.13. The highest BCUT2D eigenvalue weighted by molar-refractivity contribution is 5.88. The Morgan fingerprint density at radius 2 is 1.62 bits per heavy atom. The van der Waals surface area contributed by atoms with Crippen molar-refractivity contribution >= 4 is 11.8 Å². The molecule has 4 heteroatoms. The molecule has 2 aromatic carbocycles. The van der Waals surface area contributed by atoms with Gasteiger partial charge in [-0.3, -0.25) is 9.59 Å². The second-order valence-corrected chi connectivity index (χ2v) is 5.96. The molecular formula is C20H24N2O2. The summed E-state index contributed by atoms with van der Waals surface area (Å²) in [6.07, 6.45) is 0.286. The molecule has 0 saturated carbocycles. The van der Waals surface area contributed by atoms with E-state index < -0.39 is 6.04 Å². The zero-order valence-electron chi connectivity index (χ0n) is 14.5. The van der Waals surface area contributed by atoms with Crippen molar-refractivity contribution in [2.24, 2.45) is 0 Å². The molecule has 0 radical (unpaired) electrons. The molecule has 0 aromatic heterocycles. The number of nitrogens with one attached hydrogen (secondary N) is 1. The molecule has 0 fully saturated rings. The second kappa shape index (κ2) is 8.29. The van der Waals surface area contributed by atoms with Gasteiger partial charge in [-0.2, -0.15) is 0 Å². The van der Waals surface area contributed by atoms with Crippen LogP contribution in [-0.4, -0.2) is 29.8 Å². The highest BCUT2D eigenvalue weighted by Gasteiger charge is 2.25. The molecule has 2 amide bonds. The third-order valence-corrected chi connectivity index (χ3v) is 4.09. The lowest BCUT2D eigenvalue weighted by atomic mass is 10.1. The van der Waals surface area contributed by atoms with E-state index in [0.717, 1.165) is 11.1 Å². The van der Waals surface area contributed by atoms with Crippen molar-refractivity contribution < 1.29 is 9.59 Å². The Bertz CT molecular complexity index is 681. The average Bonchev–Trinajstić information content (AvgIpc) is 2.60. The number of amides is 2. The van der Waals surface area contributed by atoms with Crippen LogP contribution in [0.1, 0.15) is 23.6 Å². The SMILES string of the molecule is CNC(=O)[C@@H](C)N(Cc1ccc(C)cc1)C(=O)Cc1ccccc1. The highest BCUT2D eigenvalue weighted by atomic mass is 16.2. The quantitative estimate of drug-likeness (QED) is 0.888. The Kier molecular flexibility index (Phi) is 6.13. The van der Waals surface area contributed by atoms with Crippen molar-refractivity contribution in [2.45, 2.75) is 32.9 Å². The number of nitrogens with zero attached hydrogens (tertiary/aromatic N) is 1. The normalized spacial score (nSPS) is 11.6. The van der Waals surface area contributed by atoms with Crippen LogP contribution in [0.4, 0.5) is 0 Å². The van der Waals surface area contributed by atoms with Gasteiger partial charge in [0, 0.05) is 13.6 Å². The van der Waals surface area contributed by atoms with Gasteiger partial charge in [0.05, 0.1) is 6.42 Å². The van der Waals surface area contributed by atoms with Crippen LogP contribution in [0, 0.1) is 6.92 Å². The number of likely N-dealkylation sites (N-methyl/N-ethyl adjacent to an activating group) is 1. The summed E-state index contributed by atoms with van der Waals surface area (Å²) in [5.41, 5.74) is 3.12. The lowest BCUT2D eigenvalue weighted by Crippen LogP contribution is -2.47. The Morgan fingerprint density at radius 1 is 1.00 bits per heavy atom. The first-order valence-corrected chi connectivity index (χ1v) is 8.12. The topological polar surface area (TPSA) is 49.4 Å². The smallest absolute Gasteiger partial charge is 0.242 e. The van der Waals surface area contributed by atoms with E-state index in [9.17, 15) is 9.59 Å². The van der Waals surface area contributed by atoms with Gasteiger partial charge in [0.1, 0.15) is 6.04 Å². The fraction of sp³-hybridized carbons (Fsp3) is 0.300. The number of rotatable bonds is 6. The summed E-state index contributed by atoms with van der Waals surface area (Å²) in [7, 11) is 1.59. The lowest BCUT2D eigenvalue weighted by Gasteiger charge is -2.28. The summed E-state index contributed by atoms with van der Waals surface area (Å²) in [5, 5.41) is 2.63. The van der Waals surface area contributed by atoms with Crippen LogP contribution in [0.5, 0.6) is 0 Å². The maximum atomic E-state index is 12.8. The van der Waals surface area contributed by atoms with Gasteiger partial charge in [0.15, 0.2) is 0 Å². The predicted octanol–water partition coefficient (Wildman–Crippen LogP) is 2.70. The van der Waals surface area contributed by atoms with E-state index in [0.29, 0.717) is 6.54 Å². The molecule has 1 atom stereocenters. The molecule has 0 aliphatic carbocycles. The standard InChI is InChI=1S/C20H24N2O2/c1-15-9-11-18(12-10-15)14-22(16(2)20(24)21-3)19(23)13-17-7-5-4-6-8-17/h4-12,16H,13-14H2,1-3H3,(H,21,24)/t16-/m1/s1. The fourth-order valence-electron chi connectivity index (χ4n) is 2.55. The van der Waals surface area contributed by atoms with E-state index in [-0.39, 0.29) is 18.2 Å². The Labute approximate surface area is 143 Å². The fourth-order valence-corrected chi connectivity index (χ4v) is 2.55. The number of benzene rings is 2. The van der Waals surface area contributed by atoms with Crippen LogP contribution in [0.15, 0.2) is 54.6 Å². The van der Waals surface area contributed by atoms with E-state index in [4.69, 9.17) is 0 Å². The van der Waals surface area contributed by atoms with Gasteiger partial charge in [-0.25, -0.2) is 0 Å². The lowest BCUT2D eigenvalue weighted by molar-refractivity contribution is -0.139. The Hall–Kier alpha value is -2.62. The van der Waals surface area contributed by atoms with E-state index in [1.807, 2.05) is 61.5 Å². The van der Waals surface area contributed by atoms with Gasteiger partial charge in [-0.15, -0.1) is 0 Å². The summed E-state index contributed by atoms with van der Waals surface area (Å²) in [4.78, 5) is 26.5. The van der Waals surface area contributed by atoms with Crippen molar-refractivity contribution in [3.05, 3.63) is 71.3 Å². The minimum absolute atomic E-state index is 0.0575. The maximum absolute atomic E-state index is 12.8. The van der Waals surface area contributed by atoms with Gasteiger partial charge in [0.2, 0.25) is 11.8 Å². The predicted molar refractivity (Wildman–Crippen MR) is 95.4 cm³/mol. The van der Waals surface area contributed by atoms with Crippen molar-refractivity contribution in [2.75, 3.05) is 7.05 Å². The first-order valence-electron chi connectivity index (χ1n) is 8.12. The largest absolute Gasteiger partial charge is 0.357 e. The third-order valence-electron chi connectivity index (χ3n) is 4.09. The van der Waals surface area contributed by atoms with Crippen molar-refractivity contribution in [3.8, 4) is 0 Å². The van der Waals surface area contributed by atoms with Crippen molar-refractivity contribution in [1.82, 2.24) is 10.2 Å². The number of hydrogen-bond acceptors (Lipinski definition) is 2. The first-order chi connectivity index (χ1) is 11.5. The van der Waals surface area contributed by atoms with E-state index >= 15 is 0 Å². The molecular weight excluding hydrogens is 300 g/mol. The number of hydrogen-bond donors (Lipinski definition) is 1. The van der Waals surface area contributed by atoms with Crippen molar-refractivity contribution in [3.63, 3.8) is 0 Å². The number of carbonyl (C=O) groups is 2. The van der Waals surface area contributed by atoms with E-state index in [1.165, 1.54) is 5.56 Å². The van der Waals surface area contributed by atoms with Crippen molar-refractivity contribution in [1.29, 1.82) is 0 Å². The van der Waals surface area contributed by atoms with E-state index in [1.54, 1.807) is 18.9 Å². The molecule has 2 aromatic rings. The molecule has 0 bridgehead atoms. The van der Waals surface area contributed by atoms with Crippen LogP contribution in [0.2, 0.25) is 0 Å². The molecule has 0 spiro atoms. The molecule has 126 valence electrons. The van der Waals surface area contributed by atoms with Gasteiger partial charge >= 0.3 is 0 Å². The maximum Gasteiger partial charge on any atom is 0.242 e. The third kappa shape index (κ3) is 4.69. The minimum Gasteiger partial charge on any atom is -0.357 e. The van der Waals surface area contributed by atoms with Gasteiger partial charge in [-0.05, 0) is 25.0 Å².